The number of amides is 1. The quantitative estimate of drug-likeness (QED) is 0.750. The van der Waals surface area contributed by atoms with Gasteiger partial charge in [0.25, 0.3) is 0 Å². The summed E-state index contributed by atoms with van der Waals surface area (Å²) in [6.45, 7) is 2.02. The van der Waals surface area contributed by atoms with Gasteiger partial charge in [-0.1, -0.05) is 42.5 Å². The number of carbonyl (C=O) groups is 2. The summed E-state index contributed by atoms with van der Waals surface area (Å²) in [5.41, 5.74) is 1.78. The van der Waals surface area contributed by atoms with Crippen LogP contribution in [0.2, 0.25) is 0 Å². The number of hydrogen-bond acceptors (Lipinski definition) is 4. The molecule has 0 radical (unpaired) electrons. The number of benzene rings is 2. The second-order valence-corrected chi connectivity index (χ2v) is 5.59. The lowest BCUT2D eigenvalue weighted by atomic mass is 10.1. The van der Waals surface area contributed by atoms with E-state index in [1.165, 1.54) is 0 Å². The van der Waals surface area contributed by atoms with Gasteiger partial charge in [0, 0.05) is 6.42 Å². The van der Waals surface area contributed by atoms with Crippen LogP contribution >= 0.6 is 0 Å². The fourth-order valence-electron chi connectivity index (χ4n) is 2.50. The number of rotatable bonds is 8. The lowest BCUT2D eigenvalue weighted by Crippen LogP contribution is -2.44. The first kappa shape index (κ1) is 18.5. The lowest BCUT2D eigenvalue weighted by Gasteiger charge is -2.17. The molecule has 0 aliphatic rings. The van der Waals surface area contributed by atoms with Crippen LogP contribution in [0, 0.1) is 0 Å². The second-order valence-electron chi connectivity index (χ2n) is 5.59. The highest BCUT2D eigenvalue weighted by Crippen LogP contribution is 2.13. The van der Waals surface area contributed by atoms with Gasteiger partial charge in [-0.2, -0.15) is 0 Å². The number of nitrogens with one attached hydrogen (secondary N) is 1. The van der Waals surface area contributed by atoms with E-state index in [0.29, 0.717) is 12.2 Å². The van der Waals surface area contributed by atoms with Gasteiger partial charge < -0.3 is 14.8 Å². The van der Waals surface area contributed by atoms with Gasteiger partial charge in [-0.15, -0.1) is 0 Å². The van der Waals surface area contributed by atoms with E-state index in [0.717, 1.165) is 11.1 Å². The summed E-state index contributed by atoms with van der Waals surface area (Å²) in [5.74, 6) is 0.0316. The highest BCUT2D eigenvalue weighted by molar-refractivity contribution is 5.85. The van der Waals surface area contributed by atoms with Gasteiger partial charge in [-0.05, 0) is 30.2 Å². The summed E-state index contributed by atoms with van der Waals surface area (Å²) in [4.78, 5) is 24.5. The summed E-state index contributed by atoms with van der Waals surface area (Å²) in [5, 5.41) is 2.78. The average Bonchev–Trinajstić information content (AvgIpc) is 2.62. The van der Waals surface area contributed by atoms with E-state index in [4.69, 9.17) is 9.47 Å². The molecule has 0 aliphatic heterocycles. The molecule has 0 fully saturated rings. The van der Waals surface area contributed by atoms with Gasteiger partial charge >= 0.3 is 5.97 Å². The molecule has 1 atom stereocenters. The average molecular weight is 341 g/mol. The molecule has 0 saturated heterocycles. The maximum atomic E-state index is 12.4. The van der Waals surface area contributed by atoms with Crippen molar-refractivity contribution < 1.29 is 19.1 Å². The molecule has 0 saturated carbocycles. The standard InChI is InChI=1S/C20H23NO4/c1-3-25-20(23)18(13-15-8-5-4-6-9-15)21-19(22)14-16-10-7-11-17(12-16)24-2/h4-12,18H,3,13-14H2,1-2H3,(H,21,22)/t18-/m0/s1. The van der Waals surface area contributed by atoms with Gasteiger partial charge in [0.05, 0.1) is 20.1 Å². The molecule has 1 N–H and O–H groups in total. The van der Waals surface area contributed by atoms with Crippen LogP contribution in [0.4, 0.5) is 0 Å². The molecular formula is C20H23NO4. The summed E-state index contributed by atoms with van der Waals surface area (Å²) in [7, 11) is 1.58. The van der Waals surface area contributed by atoms with Crippen molar-refractivity contribution >= 4 is 11.9 Å². The fraction of sp³-hybridized carbons (Fsp3) is 0.300. The molecule has 0 bridgehead atoms. The van der Waals surface area contributed by atoms with Crippen molar-refractivity contribution in [2.24, 2.45) is 0 Å². The summed E-state index contributed by atoms with van der Waals surface area (Å²) < 4.78 is 10.3. The molecule has 0 aromatic heterocycles. The molecule has 0 unspecified atom stereocenters. The number of methoxy groups -OCH3 is 1. The van der Waals surface area contributed by atoms with Crippen molar-refractivity contribution in [3.63, 3.8) is 0 Å². The zero-order chi connectivity index (χ0) is 18.1. The van der Waals surface area contributed by atoms with Crippen LogP contribution in [0.5, 0.6) is 5.75 Å². The van der Waals surface area contributed by atoms with E-state index in [1.54, 1.807) is 20.1 Å². The molecule has 2 rings (SSSR count). The van der Waals surface area contributed by atoms with E-state index >= 15 is 0 Å². The third kappa shape index (κ3) is 5.95. The van der Waals surface area contributed by atoms with Crippen LogP contribution in [0.3, 0.4) is 0 Å². The number of carbonyl (C=O) groups excluding carboxylic acids is 2. The molecule has 1 amide bonds. The molecule has 2 aromatic carbocycles. The number of ether oxygens (including phenoxy) is 2. The zero-order valence-electron chi connectivity index (χ0n) is 14.5. The van der Waals surface area contributed by atoms with Crippen molar-refractivity contribution in [3.8, 4) is 5.75 Å². The molecule has 132 valence electrons. The van der Waals surface area contributed by atoms with E-state index in [1.807, 2.05) is 48.5 Å². The van der Waals surface area contributed by atoms with E-state index in [-0.39, 0.29) is 18.9 Å². The lowest BCUT2D eigenvalue weighted by molar-refractivity contribution is -0.147. The summed E-state index contributed by atoms with van der Waals surface area (Å²) >= 11 is 0. The first-order valence-corrected chi connectivity index (χ1v) is 8.25. The van der Waals surface area contributed by atoms with Crippen LogP contribution in [0.15, 0.2) is 54.6 Å². The van der Waals surface area contributed by atoms with Crippen molar-refractivity contribution in [2.75, 3.05) is 13.7 Å². The Labute approximate surface area is 148 Å². The Kier molecular flexibility index (Phi) is 7.01. The van der Waals surface area contributed by atoms with Crippen LogP contribution in [0.1, 0.15) is 18.1 Å². The Morgan fingerprint density at radius 2 is 1.76 bits per heavy atom. The van der Waals surface area contributed by atoms with Gasteiger partial charge in [-0.25, -0.2) is 4.79 Å². The van der Waals surface area contributed by atoms with Crippen LogP contribution in [0.25, 0.3) is 0 Å². The van der Waals surface area contributed by atoms with Crippen molar-refractivity contribution in [1.29, 1.82) is 0 Å². The minimum absolute atomic E-state index is 0.169. The monoisotopic (exact) mass is 341 g/mol. The minimum atomic E-state index is -0.708. The normalized spacial score (nSPS) is 11.4. The van der Waals surface area contributed by atoms with E-state index in [9.17, 15) is 9.59 Å². The van der Waals surface area contributed by atoms with Gasteiger partial charge in [0.1, 0.15) is 11.8 Å². The third-order valence-corrected chi connectivity index (χ3v) is 3.69. The van der Waals surface area contributed by atoms with Crippen LogP contribution < -0.4 is 10.1 Å². The minimum Gasteiger partial charge on any atom is -0.497 e. The predicted octanol–water partition coefficient (Wildman–Crippen LogP) is 2.53. The third-order valence-electron chi connectivity index (χ3n) is 3.69. The topological polar surface area (TPSA) is 64.6 Å². The van der Waals surface area contributed by atoms with Crippen LogP contribution in [-0.4, -0.2) is 31.6 Å². The molecule has 0 aliphatic carbocycles. The fourth-order valence-corrected chi connectivity index (χ4v) is 2.50. The van der Waals surface area contributed by atoms with Gasteiger partial charge in [0.2, 0.25) is 5.91 Å². The first-order valence-electron chi connectivity index (χ1n) is 8.25. The molecule has 25 heavy (non-hydrogen) atoms. The number of hydrogen-bond donors (Lipinski definition) is 1. The predicted molar refractivity (Wildman–Crippen MR) is 95.4 cm³/mol. The molecule has 2 aromatic rings. The second kappa shape index (κ2) is 9.47. The molecular weight excluding hydrogens is 318 g/mol. The Morgan fingerprint density at radius 1 is 1.04 bits per heavy atom. The Bertz CT molecular complexity index is 700. The molecule has 0 heterocycles. The van der Waals surface area contributed by atoms with Gasteiger partial charge in [0.15, 0.2) is 0 Å². The van der Waals surface area contributed by atoms with Crippen LogP contribution in [-0.2, 0) is 27.2 Å². The highest BCUT2D eigenvalue weighted by Gasteiger charge is 2.22. The zero-order valence-corrected chi connectivity index (χ0v) is 14.5. The molecule has 0 spiro atoms. The van der Waals surface area contributed by atoms with E-state index < -0.39 is 12.0 Å². The maximum Gasteiger partial charge on any atom is 0.328 e. The summed E-state index contributed by atoms with van der Waals surface area (Å²) in [6, 6.07) is 16.1. The van der Waals surface area contributed by atoms with E-state index in [2.05, 4.69) is 5.32 Å². The smallest absolute Gasteiger partial charge is 0.328 e. The Morgan fingerprint density at radius 3 is 2.44 bits per heavy atom. The first-order chi connectivity index (χ1) is 12.1. The van der Waals surface area contributed by atoms with Crippen molar-refractivity contribution in [3.05, 3.63) is 65.7 Å². The summed E-state index contributed by atoms with van der Waals surface area (Å²) in [6.07, 6.45) is 0.561. The largest absolute Gasteiger partial charge is 0.497 e. The van der Waals surface area contributed by atoms with Crippen molar-refractivity contribution in [2.45, 2.75) is 25.8 Å². The van der Waals surface area contributed by atoms with Gasteiger partial charge in [-0.3, -0.25) is 4.79 Å². The number of esters is 1. The highest BCUT2D eigenvalue weighted by atomic mass is 16.5. The Balaban J connectivity index is 2.04. The Hall–Kier alpha value is -2.82. The maximum absolute atomic E-state index is 12.4. The van der Waals surface area contributed by atoms with Crippen molar-refractivity contribution in [1.82, 2.24) is 5.32 Å². The molecule has 5 nitrogen and oxygen atoms in total. The molecule has 5 heteroatoms. The SMILES string of the molecule is CCOC(=O)[C@H](Cc1ccccc1)NC(=O)Cc1cccc(OC)c1.